The Hall–Kier alpha value is -1.00. The van der Waals surface area contributed by atoms with E-state index >= 15 is 0 Å². The van der Waals surface area contributed by atoms with E-state index in [2.05, 4.69) is 11.9 Å². The fourth-order valence-corrected chi connectivity index (χ4v) is 4.03. The summed E-state index contributed by atoms with van der Waals surface area (Å²) in [5, 5.41) is 0.975. The van der Waals surface area contributed by atoms with E-state index < -0.39 is 0 Å². The molecule has 0 aliphatic heterocycles. The number of hydrogen-bond acceptors (Lipinski definition) is 3. The summed E-state index contributed by atoms with van der Waals surface area (Å²) in [6, 6.07) is 4.78. The highest BCUT2D eigenvalue weighted by molar-refractivity contribution is 7.18. The lowest BCUT2D eigenvalue weighted by atomic mass is 9.76. The number of nitrogens with zero attached hydrogens (tertiary/aromatic N) is 1. The quantitative estimate of drug-likeness (QED) is 0.894. The molecule has 2 aromatic rings. The standard InChI is InChI=1S/C15H19FN2S/c1-2-10-5-7-15(17,8-6-10)14-18-12-9-11(16)3-4-13(12)19-14/h3-4,9-10H,2,5-8,17H2,1H3. The molecular formula is C15H19FN2S. The molecule has 1 aliphatic carbocycles. The number of fused-ring (bicyclic) bond motifs is 1. The van der Waals surface area contributed by atoms with Crippen LogP contribution in [0.4, 0.5) is 4.39 Å². The maximum atomic E-state index is 13.2. The summed E-state index contributed by atoms with van der Waals surface area (Å²) in [6.07, 6.45) is 5.58. The molecule has 3 rings (SSSR count). The van der Waals surface area contributed by atoms with E-state index in [0.29, 0.717) is 0 Å². The molecule has 0 radical (unpaired) electrons. The molecule has 0 amide bonds. The second-order valence-corrected chi connectivity index (χ2v) is 6.67. The smallest absolute Gasteiger partial charge is 0.125 e. The lowest BCUT2D eigenvalue weighted by molar-refractivity contribution is 0.231. The van der Waals surface area contributed by atoms with Gasteiger partial charge >= 0.3 is 0 Å². The molecule has 0 unspecified atom stereocenters. The van der Waals surface area contributed by atoms with Crippen LogP contribution in [0.3, 0.4) is 0 Å². The van der Waals surface area contributed by atoms with Gasteiger partial charge in [0, 0.05) is 6.07 Å². The van der Waals surface area contributed by atoms with Crippen LogP contribution in [-0.2, 0) is 5.54 Å². The van der Waals surface area contributed by atoms with E-state index in [1.54, 1.807) is 17.4 Å². The van der Waals surface area contributed by atoms with E-state index in [9.17, 15) is 4.39 Å². The minimum Gasteiger partial charge on any atom is -0.319 e. The lowest BCUT2D eigenvalue weighted by Crippen LogP contribution is -2.40. The second-order valence-electron chi connectivity index (χ2n) is 5.64. The third-order valence-corrected chi connectivity index (χ3v) is 5.61. The van der Waals surface area contributed by atoms with Crippen molar-refractivity contribution in [1.29, 1.82) is 0 Å². The third kappa shape index (κ3) is 2.39. The van der Waals surface area contributed by atoms with Crippen molar-refractivity contribution in [2.45, 2.75) is 44.6 Å². The first-order valence-electron chi connectivity index (χ1n) is 6.96. The maximum absolute atomic E-state index is 13.2. The highest BCUT2D eigenvalue weighted by atomic mass is 32.1. The number of hydrogen-bond donors (Lipinski definition) is 1. The SMILES string of the molecule is CCC1CCC(N)(c2nc3cc(F)ccc3s2)CC1. The molecule has 1 aromatic carbocycles. The van der Waals surface area contributed by atoms with Gasteiger partial charge in [-0.2, -0.15) is 0 Å². The van der Waals surface area contributed by atoms with Crippen molar-refractivity contribution in [3.63, 3.8) is 0 Å². The molecule has 102 valence electrons. The zero-order valence-electron chi connectivity index (χ0n) is 11.2. The molecule has 0 bridgehead atoms. The fraction of sp³-hybridized carbons (Fsp3) is 0.533. The molecule has 0 saturated heterocycles. The summed E-state index contributed by atoms with van der Waals surface area (Å²) in [5.74, 6) is 0.577. The predicted molar refractivity (Wildman–Crippen MR) is 77.7 cm³/mol. The topological polar surface area (TPSA) is 38.9 Å². The molecule has 1 aromatic heterocycles. The Morgan fingerprint density at radius 2 is 2.16 bits per heavy atom. The summed E-state index contributed by atoms with van der Waals surface area (Å²) < 4.78 is 14.2. The monoisotopic (exact) mass is 278 g/mol. The zero-order chi connectivity index (χ0) is 13.5. The average Bonchev–Trinajstić information content (AvgIpc) is 2.83. The van der Waals surface area contributed by atoms with E-state index in [0.717, 1.165) is 34.0 Å². The van der Waals surface area contributed by atoms with Crippen LogP contribution in [0.1, 0.15) is 44.0 Å². The largest absolute Gasteiger partial charge is 0.319 e. The highest BCUT2D eigenvalue weighted by Crippen LogP contribution is 2.41. The number of halogens is 1. The Labute approximate surface area is 116 Å². The van der Waals surface area contributed by atoms with Crippen LogP contribution >= 0.6 is 11.3 Å². The first-order valence-corrected chi connectivity index (χ1v) is 7.78. The van der Waals surface area contributed by atoms with Crippen molar-refractivity contribution < 1.29 is 4.39 Å². The van der Waals surface area contributed by atoms with Crippen molar-refractivity contribution in [2.24, 2.45) is 11.7 Å². The van der Waals surface area contributed by atoms with E-state index in [1.165, 1.54) is 31.4 Å². The number of nitrogens with two attached hydrogens (primary N) is 1. The Morgan fingerprint density at radius 3 is 2.84 bits per heavy atom. The van der Waals surface area contributed by atoms with Crippen molar-refractivity contribution in [1.82, 2.24) is 4.98 Å². The van der Waals surface area contributed by atoms with Gasteiger partial charge < -0.3 is 5.73 Å². The molecule has 2 nitrogen and oxygen atoms in total. The van der Waals surface area contributed by atoms with Gasteiger partial charge in [0.05, 0.1) is 15.8 Å². The van der Waals surface area contributed by atoms with Crippen LogP contribution in [0.5, 0.6) is 0 Å². The van der Waals surface area contributed by atoms with E-state index in [4.69, 9.17) is 5.73 Å². The van der Waals surface area contributed by atoms with Crippen LogP contribution in [0.15, 0.2) is 18.2 Å². The number of benzene rings is 1. The Balaban J connectivity index is 1.91. The highest BCUT2D eigenvalue weighted by Gasteiger charge is 2.35. The normalized spacial score (nSPS) is 27.8. The summed E-state index contributed by atoms with van der Waals surface area (Å²) in [5.41, 5.74) is 6.99. The average molecular weight is 278 g/mol. The Morgan fingerprint density at radius 1 is 1.42 bits per heavy atom. The molecule has 19 heavy (non-hydrogen) atoms. The molecule has 1 saturated carbocycles. The van der Waals surface area contributed by atoms with Crippen LogP contribution in [0.25, 0.3) is 10.2 Å². The van der Waals surface area contributed by atoms with Crippen molar-refractivity contribution in [3.05, 3.63) is 29.0 Å². The van der Waals surface area contributed by atoms with E-state index in [-0.39, 0.29) is 11.4 Å². The molecule has 4 heteroatoms. The maximum Gasteiger partial charge on any atom is 0.125 e. The van der Waals surface area contributed by atoms with Gasteiger partial charge in [0.25, 0.3) is 0 Å². The van der Waals surface area contributed by atoms with Gasteiger partial charge in [-0.05, 0) is 43.7 Å². The summed E-state index contributed by atoms with van der Waals surface area (Å²) in [7, 11) is 0. The molecule has 0 spiro atoms. The Bertz CT molecular complexity index is 585. The molecule has 1 aliphatic rings. The van der Waals surface area contributed by atoms with Gasteiger partial charge in [-0.3, -0.25) is 0 Å². The predicted octanol–water partition coefficient (Wildman–Crippen LogP) is 4.19. The first kappa shape index (κ1) is 13.0. The summed E-state index contributed by atoms with van der Waals surface area (Å²) in [4.78, 5) is 4.57. The summed E-state index contributed by atoms with van der Waals surface area (Å²) >= 11 is 1.62. The molecule has 1 heterocycles. The Kier molecular flexibility index (Phi) is 3.31. The lowest BCUT2D eigenvalue weighted by Gasteiger charge is -2.35. The van der Waals surface area contributed by atoms with E-state index in [1.807, 2.05) is 0 Å². The van der Waals surface area contributed by atoms with Crippen molar-refractivity contribution in [2.75, 3.05) is 0 Å². The van der Waals surface area contributed by atoms with Gasteiger partial charge in [0.1, 0.15) is 10.8 Å². The van der Waals surface area contributed by atoms with Gasteiger partial charge in [0.15, 0.2) is 0 Å². The van der Waals surface area contributed by atoms with Gasteiger partial charge in [-0.15, -0.1) is 11.3 Å². The molecule has 1 fully saturated rings. The minimum atomic E-state index is -0.300. The number of aromatic nitrogens is 1. The molecule has 0 atom stereocenters. The summed E-state index contributed by atoms with van der Waals surface area (Å²) in [6.45, 7) is 2.24. The van der Waals surface area contributed by atoms with Crippen molar-refractivity contribution >= 4 is 21.6 Å². The zero-order valence-corrected chi connectivity index (χ0v) is 12.0. The minimum absolute atomic E-state index is 0.231. The molecular weight excluding hydrogens is 259 g/mol. The number of thiazole rings is 1. The fourth-order valence-electron chi connectivity index (χ4n) is 2.93. The first-order chi connectivity index (χ1) is 9.10. The second kappa shape index (κ2) is 4.84. The van der Waals surface area contributed by atoms with Crippen molar-refractivity contribution in [3.8, 4) is 0 Å². The number of rotatable bonds is 2. The van der Waals surface area contributed by atoms with Gasteiger partial charge in [-0.1, -0.05) is 13.3 Å². The third-order valence-electron chi connectivity index (χ3n) is 4.35. The van der Waals surface area contributed by atoms with Crippen LogP contribution in [-0.4, -0.2) is 4.98 Å². The van der Waals surface area contributed by atoms with Crippen LogP contribution in [0.2, 0.25) is 0 Å². The van der Waals surface area contributed by atoms with Gasteiger partial charge in [0.2, 0.25) is 0 Å². The van der Waals surface area contributed by atoms with Crippen LogP contribution < -0.4 is 5.73 Å². The van der Waals surface area contributed by atoms with Crippen LogP contribution in [0, 0.1) is 11.7 Å². The van der Waals surface area contributed by atoms with Gasteiger partial charge in [-0.25, -0.2) is 9.37 Å². The molecule has 2 N–H and O–H groups in total.